The predicted molar refractivity (Wildman–Crippen MR) is 82.5 cm³/mol. The van der Waals surface area contributed by atoms with Crippen LogP contribution in [0.15, 0.2) is 52.8 Å². The second kappa shape index (κ2) is 9.70. The monoisotopic (exact) mass is 245 g/mol. The first-order chi connectivity index (χ1) is 8.63. The fraction of sp³-hybridized carbons (Fsp3) is 0.471. The van der Waals surface area contributed by atoms with Crippen molar-refractivity contribution in [2.24, 2.45) is 5.73 Å². The van der Waals surface area contributed by atoms with Crippen molar-refractivity contribution in [1.82, 2.24) is 0 Å². The van der Waals surface area contributed by atoms with Crippen LogP contribution in [-0.2, 0) is 0 Å². The highest BCUT2D eigenvalue weighted by Gasteiger charge is 2.01. The molecule has 1 aliphatic carbocycles. The fourth-order valence-corrected chi connectivity index (χ4v) is 1.62. The summed E-state index contributed by atoms with van der Waals surface area (Å²) < 4.78 is 0. The molecule has 0 atom stereocenters. The van der Waals surface area contributed by atoms with Gasteiger partial charge in [0.1, 0.15) is 0 Å². The van der Waals surface area contributed by atoms with Crippen LogP contribution >= 0.6 is 0 Å². The van der Waals surface area contributed by atoms with Gasteiger partial charge in [-0.2, -0.15) is 0 Å². The molecular formula is C17H27N. The fourth-order valence-electron chi connectivity index (χ4n) is 1.62. The molecule has 0 aromatic heterocycles. The van der Waals surface area contributed by atoms with Crippen LogP contribution in [-0.4, -0.2) is 6.54 Å². The second-order valence-corrected chi connectivity index (χ2v) is 4.41. The largest absolute Gasteiger partial charge is 0.326 e. The molecule has 0 aromatic carbocycles. The average Bonchev–Trinajstić information content (AvgIpc) is 2.36. The van der Waals surface area contributed by atoms with Gasteiger partial charge in [-0.25, -0.2) is 0 Å². The highest BCUT2D eigenvalue weighted by molar-refractivity contribution is 5.33. The number of allylic oxidation sites excluding steroid dienone is 4. The molecule has 0 unspecified atom stereocenters. The van der Waals surface area contributed by atoms with E-state index in [0.29, 0.717) is 6.54 Å². The predicted octanol–water partition coefficient (Wildman–Crippen LogP) is 4.69. The molecule has 0 heterocycles. The minimum absolute atomic E-state index is 0.592. The minimum atomic E-state index is 0.592. The van der Waals surface area contributed by atoms with Gasteiger partial charge in [-0.15, -0.1) is 12.3 Å². The Morgan fingerprint density at radius 3 is 2.61 bits per heavy atom. The van der Waals surface area contributed by atoms with Crippen molar-refractivity contribution in [2.75, 3.05) is 6.54 Å². The van der Waals surface area contributed by atoms with Crippen LogP contribution in [0.1, 0.15) is 47.0 Å². The highest BCUT2D eigenvalue weighted by atomic mass is 14.5. The molecule has 0 fully saturated rings. The van der Waals surface area contributed by atoms with Crippen LogP contribution in [0.2, 0.25) is 0 Å². The first-order valence-electron chi connectivity index (χ1n) is 6.78. The van der Waals surface area contributed by atoms with E-state index in [9.17, 15) is 0 Å². The Labute approximate surface area is 112 Å². The van der Waals surface area contributed by atoms with E-state index in [0.717, 1.165) is 24.8 Å². The number of nitrogens with two attached hydrogens (primary N) is 1. The first kappa shape index (κ1) is 16.7. The average molecular weight is 245 g/mol. The van der Waals surface area contributed by atoms with Crippen LogP contribution in [0, 0.1) is 0 Å². The van der Waals surface area contributed by atoms with Crippen molar-refractivity contribution in [1.29, 1.82) is 0 Å². The molecule has 100 valence electrons. The lowest BCUT2D eigenvalue weighted by molar-refractivity contribution is 0.924. The summed E-state index contributed by atoms with van der Waals surface area (Å²) >= 11 is 0. The third kappa shape index (κ3) is 6.44. The van der Waals surface area contributed by atoms with Crippen molar-refractivity contribution in [3.05, 3.63) is 52.8 Å². The third-order valence-corrected chi connectivity index (χ3v) is 2.80. The molecule has 0 aromatic rings. The van der Waals surface area contributed by atoms with Gasteiger partial charge in [-0.3, -0.25) is 0 Å². The van der Waals surface area contributed by atoms with E-state index in [1.165, 1.54) is 16.7 Å². The van der Waals surface area contributed by atoms with Crippen molar-refractivity contribution < 1.29 is 0 Å². The smallest absolute Gasteiger partial charge is 0.0181 e. The Bertz CT molecular complexity index is 388. The van der Waals surface area contributed by atoms with E-state index < -0.39 is 0 Å². The topological polar surface area (TPSA) is 26.0 Å². The molecule has 0 amide bonds. The molecule has 1 heteroatoms. The van der Waals surface area contributed by atoms with Gasteiger partial charge in [0, 0.05) is 6.54 Å². The molecule has 0 saturated heterocycles. The van der Waals surface area contributed by atoms with Crippen LogP contribution in [0.5, 0.6) is 0 Å². The Kier molecular flexibility index (Phi) is 9.00. The van der Waals surface area contributed by atoms with E-state index in [4.69, 9.17) is 5.73 Å². The summed E-state index contributed by atoms with van der Waals surface area (Å²) in [5.41, 5.74) is 14.0. The number of rotatable bonds is 4. The normalized spacial score (nSPS) is 21.3. The summed E-state index contributed by atoms with van der Waals surface area (Å²) in [5, 5.41) is 0. The van der Waals surface area contributed by atoms with Crippen LogP contribution in [0.3, 0.4) is 0 Å². The molecule has 18 heavy (non-hydrogen) atoms. The zero-order valence-corrected chi connectivity index (χ0v) is 12.3. The molecule has 0 spiro atoms. The summed E-state index contributed by atoms with van der Waals surface area (Å²) in [6.07, 6.45) is 9.36. The molecule has 0 radical (unpaired) electrons. The van der Waals surface area contributed by atoms with E-state index in [1.807, 2.05) is 19.9 Å². The third-order valence-electron chi connectivity index (χ3n) is 2.80. The van der Waals surface area contributed by atoms with Gasteiger partial charge in [0.2, 0.25) is 0 Å². The Morgan fingerprint density at radius 1 is 1.39 bits per heavy atom. The van der Waals surface area contributed by atoms with Gasteiger partial charge in [0.15, 0.2) is 0 Å². The molecule has 0 aliphatic heterocycles. The zero-order chi connectivity index (χ0) is 14.0. The van der Waals surface area contributed by atoms with Crippen LogP contribution < -0.4 is 5.73 Å². The van der Waals surface area contributed by atoms with Crippen molar-refractivity contribution >= 4 is 0 Å². The quantitative estimate of drug-likeness (QED) is 0.564. The van der Waals surface area contributed by atoms with Crippen LogP contribution in [0.25, 0.3) is 0 Å². The Balaban J connectivity index is 0.00000137. The maximum absolute atomic E-state index is 5.62. The minimum Gasteiger partial charge on any atom is -0.326 e. The van der Waals surface area contributed by atoms with E-state index >= 15 is 0 Å². The first-order valence-corrected chi connectivity index (χ1v) is 6.78. The summed E-state index contributed by atoms with van der Waals surface area (Å²) in [5.74, 6) is 0. The van der Waals surface area contributed by atoms with E-state index in [2.05, 4.69) is 38.3 Å². The van der Waals surface area contributed by atoms with Gasteiger partial charge < -0.3 is 5.73 Å². The molecular weight excluding hydrogens is 218 g/mol. The van der Waals surface area contributed by atoms with Crippen LogP contribution in [0.4, 0.5) is 0 Å². The zero-order valence-electron chi connectivity index (χ0n) is 12.3. The van der Waals surface area contributed by atoms with Crippen molar-refractivity contribution in [2.45, 2.75) is 47.0 Å². The van der Waals surface area contributed by atoms with E-state index in [1.54, 1.807) is 0 Å². The summed E-state index contributed by atoms with van der Waals surface area (Å²) in [7, 11) is 0. The summed E-state index contributed by atoms with van der Waals surface area (Å²) in [6.45, 7) is 12.8. The lowest BCUT2D eigenvalue weighted by atomic mass is 9.97. The molecule has 0 saturated carbocycles. The molecule has 1 nitrogen and oxygen atoms in total. The van der Waals surface area contributed by atoms with Crippen molar-refractivity contribution in [3.63, 3.8) is 0 Å². The van der Waals surface area contributed by atoms with E-state index in [-0.39, 0.29) is 0 Å². The maximum atomic E-state index is 5.62. The lowest BCUT2D eigenvalue weighted by Gasteiger charge is -2.09. The van der Waals surface area contributed by atoms with Crippen molar-refractivity contribution in [3.8, 4) is 0 Å². The standard InChI is InChI=1S/C15H21N.C2H6/c1-12(2)7-10-15-6-4-5-14(11-16)9-8-13(15)3;1-2/h5-6,9H,1,7-8,10-11,16H2,2-3H3;1-2H3/b14-9+,15-13+;. The van der Waals surface area contributed by atoms with Gasteiger partial charge in [0.05, 0.1) is 0 Å². The summed E-state index contributed by atoms with van der Waals surface area (Å²) in [6, 6.07) is 0. The summed E-state index contributed by atoms with van der Waals surface area (Å²) in [4.78, 5) is 0. The Hall–Kier alpha value is -1.30. The number of hydrogen-bond acceptors (Lipinski definition) is 1. The SMILES string of the molecule is C=C(C)CC/C1=C(\C)C/C=C(/CN)C=C=C1.CC. The van der Waals surface area contributed by atoms with Gasteiger partial charge in [0.25, 0.3) is 0 Å². The number of hydrogen-bond donors (Lipinski definition) is 1. The molecule has 1 aliphatic rings. The van der Waals surface area contributed by atoms with Gasteiger partial charge >= 0.3 is 0 Å². The Morgan fingerprint density at radius 2 is 2.06 bits per heavy atom. The molecule has 1 rings (SSSR count). The van der Waals surface area contributed by atoms with Gasteiger partial charge in [-0.1, -0.05) is 31.1 Å². The highest BCUT2D eigenvalue weighted by Crippen LogP contribution is 2.20. The second-order valence-electron chi connectivity index (χ2n) is 4.41. The van der Waals surface area contributed by atoms with Gasteiger partial charge in [-0.05, 0) is 56.4 Å². The maximum Gasteiger partial charge on any atom is 0.0181 e. The lowest BCUT2D eigenvalue weighted by Crippen LogP contribution is -2.01. The molecule has 2 N–H and O–H groups in total. The molecule has 0 bridgehead atoms.